The van der Waals surface area contributed by atoms with Crippen LogP contribution >= 0.6 is 0 Å². The first-order chi connectivity index (χ1) is 27.1. The van der Waals surface area contributed by atoms with Gasteiger partial charge in [-0.05, 0) is 112 Å². The maximum atomic E-state index is 15.3. The molecule has 0 aromatic rings. The topological polar surface area (TPSA) is 150 Å². The molecule has 0 aromatic carbocycles. The van der Waals surface area contributed by atoms with Gasteiger partial charge in [0.25, 0.3) is 0 Å². The molecule has 0 aromatic heterocycles. The highest BCUT2D eigenvalue weighted by Gasteiger charge is 2.85. The summed E-state index contributed by atoms with van der Waals surface area (Å²) < 4.78 is 27.9. The van der Waals surface area contributed by atoms with Crippen molar-refractivity contribution in [2.75, 3.05) is 19.6 Å². The summed E-state index contributed by atoms with van der Waals surface area (Å²) in [5.41, 5.74) is -1.99. The van der Waals surface area contributed by atoms with Crippen LogP contribution in [-0.2, 0) is 34.0 Å². The SMILES string of the molecule is CC[C@@H]1C[C@]1(CC(=O)C1C[C@@]2(CN1C(=O)[C@@H](CC(=O)[C@@H](NC(=O)[C@@H]1CCCCN1CC)C1CCCCC1)C(C)(C)C)C(C)(C)C21CCC1)C(=O)NS(=O)(=O)C1(C)CC1. The molecule has 7 rings (SSSR count). The average molecular weight is 827 g/mol. The van der Waals surface area contributed by atoms with Gasteiger partial charge in [0.2, 0.25) is 27.7 Å². The summed E-state index contributed by atoms with van der Waals surface area (Å²) >= 11 is 0. The predicted molar refractivity (Wildman–Crippen MR) is 224 cm³/mol. The lowest BCUT2D eigenvalue weighted by atomic mass is 9.73. The lowest BCUT2D eigenvalue weighted by Gasteiger charge is -2.38. The van der Waals surface area contributed by atoms with E-state index in [1.165, 1.54) is 0 Å². The van der Waals surface area contributed by atoms with Gasteiger partial charge in [0.1, 0.15) is 0 Å². The zero-order chi connectivity index (χ0) is 42.3. The maximum Gasteiger partial charge on any atom is 0.240 e. The Morgan fingerprint density at radius 3 is 2.00 bits per heavy atom. The minimum Gasteiger partial charge on any atom is -0.345 e. The highest BCUT2D eigenvalue weighted by atomic mass is 32.2. The lowest BCUT2D eigenvalue weighted by molar-refractivity contribution is -0.147. The number of sulfonamides is 1. The Hall–Kier alpha value is -2.34. The third-order valence-corrected chi connectivity index (χ3v) is 20.0. The minimum atomic E-state index is -3.88. The smallest absolute Gasteiger partial charge is 0.240 e. The molecule has 2 heterocycles. The van der Waals surface area contributed by atoms with E-state index in [1.54, 1.807) is 11.8 Å². The number of nitrogens with zero attached hydrogens (tertiary/aromatic N) is 2. The Bertz CT molecular complexity index is 1770. The molecule has 2 N–H and O–H groups in total. The summed E-state index contributed by atoms with van der Waals surface area (Å²) in [5.74, 6) is -1.96. The predicted octanol–water partition coefficient (Wildman–Crippen LogP) is 6.72. The van der Waals surface area contributed by atoms with Crippen LogP contribution in [0.15, 0.2) is 0 Å². The van der Waals surface area contributed by atoms with Crippen LogP contribution in [-0.4, -0.2) is 90.0 Å². The van der Waals surface area contributed by atoms with Crippen LogP contribution in [0.25, 0.3) is 0 Å². The molecule has 7 atom stereocenters. The summed E-state index contributed by atoms with van der Waals surface area (Å²) in [6.45, 7) is 18.3. The van der Waals surface area contributed by atoms with Crippen molar-refractivity contribution in [2.45, 2.75) is 194 Å². The van der Waals surface area contributed by atoms with Crippen molar-refractivity contribution in [2.24, 2.45) is 44.8 Å². The minimum absolute atomic E-state index is 0.0217. The number of hydrogen-bond donors (Lipinski definition) is 2. The molecule has 2 saturated heterocycles. The van der Waals surface area contributed by atoms with E-state index >= 15 is 4.79 Å². The van der Waals surface area contributed by atoms with Gasteiger partial charge in [-0.3, -0.25) is 33.6 Å². The van der Waals surface area contributed by atoms with Gasteiger partial charge in [-0.1, -0.05) is 87.0 Å². The molecule has 5 aliphatic carbocycles. The number of carbonyl (C=O) groups excluding carboxylic acids is 5. The second-order valence-corrected chi connectivity index (χ2v) is 24.1. The summed E-state index contributed by atoms with van der Waals surface area (Å²) in [6, 6.07) is -1.68. The van der Waals surface area contributed by atoms with Crippen LogP contribution in [0.4, 0.5) is 0 Å². The second kappa shape index (κ2) is 15.2. The number of likely N-dealkylation sites (N-methyl/N-ethyl adjacent to an activating group) is 1. The van der Waals surface area contributed by atoms with Crippen LogP contribution in [0.1, 0.15) is 171 Å². The van der Waals surface area contributed by atoms with Crippen LogP contribution in [0.2, 0.25) is 0 Å². The summed E-state index contributed by atoms with van der Waals surface area (Å²) in [6.07, 6.45) is 13.4. The third kappa shape index (κ3) is 7.11. The zero-order valence-electron chi connectivity index (χ0n) is 37.0. The van der Waals surface area contributed by atoms with E-state index < -0.39 is 49.5 Å². The maximum absolute atomic E-state index is 15.3. The van der Waals surface area contributed by atoms with Crippen LogP contribution in [0.5, 0.6) is 0 Å². The highest BCUT2D eigenvalue weighted by Crippen LogP contribution is 2.88. The van der Waals surface area contributed by atoms with Crippen molar-refractivity contribution in [3.8, 4) is 0 Å². The van der Waals surface area contributed by atoms with Crippen molar-refractivity contribution < 1.29 is 32.4 Å². The largest absolute Gasteiger partial charge is 0.345 e. The molecule has 58 heavy (non-hydrogen) atoms. The fourth-order valence-corrected chi connectivity index (χ4v) is 14.3. The molecule has 1 unspecified atom stereocenters. The molecule has 0 bridgehead atoms. The molecule has 0 radical (unpaired) electrons. The quantitative estimate of drug-likeness (QED) is 0.185. The molecule has 326 valence electrons. The molecule has 5 saturated carbocycles. The normalized spacial score (nSPS) is 33.5. The van der Waals surface area contributed by atoms with Crippen LogP contribution < -0.4 is 10.0 Å². The molecule has 11 nitrogen and oxygen atoms in total. The standard InChI is InChI=1S/C46H74N4O7S/c1-9-31-26-44(31,40(55)48-58(56,57)43(8)22-23-43)28-36(52)34-27-46(42(6,7)45(46)20-16-21-45)29-50(34)39(54)32(41(3,4)5)25-35(51)37(30-17-12-11-13-18-30)47-38(53)33-19-14-15-24-49(33)10-2/h30-34,37H,9-29H2,1-8H3,(H,47,53)(H,48,55)/t31-,32-,33+,34?,37+,44-,46-/m1/s1. The monoisotopic (exact) mass is 827 g/mol. The van der Waals surface area contributed by atoms with Gasteiger partial charge in [-0.15, -0.1) is 0 Å². The van der Waals surface area contributed by atoms with E-state index in [1.807, 2.05) is 27.7 Å². The number of amides is 3. The molecule has 7 aliphatic rings. The Kier molecular flexibility index (Phi) is 11.5. The zero-order valence-corrected chi connectivity index (χ0v) is 37.8. The number of nitrogens with one attached hydrogen (secondary N) is 2. The Morgan fingerprint density at radius 1 is 0.810 bits per heavy atom. The first-order valence-corrected chi connectivity index (χ1v) is 24.6. The number of likely N-dealkylation sites (tertiary alicyclic amines) is 2. The number of fused-ring (bicyclic) bond motifs is 1. The van der Waals surface area contributed by atoms with E-state index in [-0.39, 0.29) is 70.3 Å². The van der Waals surface area contributed by atoms with E-state index in [0.29, 0.717) is 38.6 Å². The lowest BCUT2D eigenvalue weighted by Crippen LogP contribution is -2.56. The number of ketones is 2. The fourth-order valence-electron chi connectivity index (χ4n) is 13.0. The Balaban J connectivity index is 1.15. The highest BCUT2D eigenvalue weighted by molar-refractivity contribution is 7.91. The van der Waals surface area contributed by atoms with Gasteiger partial charge in [0.15, 0.2) is 11.6 Å². The van der Waals surface area contributed by atoms with E-state index in [0.717, 1.165) is 83.7 Å². The molecule has 12 heteroatoms. The first-order valence-electron chi connectivity index (χ1n) is 23.1. The number of rotatable bonds is 15. The molecular formula is C46H74N4O7S. The van der Waals surface area contributed by atoms with Gasteiger partial charge < -0.3 is 10.2 Å². The number of piperidine rings is 1. The first kappa shape index (κ1) is 43.7. The van der Waals surface area contributed by atoms with Crippen LogP contribution in [0.3, 0.4) is 0 Å². The number of carbonyl (C=O) groups is 5. The Morgan fingerprint density at radius 2 is 1.47 bits per heavy atom. The molecule has 7 fully saturated rings. The van der Waals surface area contributed by atoms with Gasteiger partial charge in [-0.25, -0.2) is 8.42 Å². The van der Waals surface area contributed by atoms with Crippen molar-refractivity contribution >= 4 is 39.3 Å². The van der Waals surface area contributed by atoms with Crippen molar-refractivity contribution in [3.05, 3.63) is 0 Å². The van der Waals surface area contributed by atoms with Crippen molar-refractivity contribution in [1.82, 2.24) is 19.8 Å². The summed E-state index contributed by atoms with van der Waals surface area (Å²) in [7, 11) is -3.88. The summed E-state index contributed by atoms with van der Waals surface area (Å²) in [5, 5.41) is 3.26. The molecule has 3 amide bonds. The molecule has 2 aliphatic heterocycles. The molecular weight excluding hydrogens is 753 g/mol. The van der Waals surface area contributed by atoms with E-state index in [4.69, 9.17) is 0 Å². The van der Waals surface area contributed by atoms with Gasteiger partial charge in [-0.2, -0.15) is 0 Å². The van der Waals surface area contributed by atoms with Crippen molar-refractivity contribution in [3.63, 3.8) is 0 Å². The van der Waals surface area contributed by atoms with Gasteiger partial charge in [0, 0.05) is 30.7 Å². The summed E-state index contributed by atoms with van der Waals surface area (Å²) in [4.78, 5) is 76.9. The third-order valence-electron chi connectivity index (χ3n) is 17.8. The van der Waals surface area contributed by atoms with Gasteiger partial charge >= 0.3 is 0 Å². The van der Waals surface area contributed by atoms with E-state index in [9.17, 15) is 27.6 Å². The number of hydrogen-bond acceptors (Lipinski definition) is 8. The molecule has 2 spiro atoms. The fraction of sp³-hybridized carbons (Fsp3) is 0.891. The van der Waals surface area contributed by atoms with Crippen molar-refractivity contribution in [1.29, 1.82) is 0 Å². The number of Topliss-reactive ketones (excluding diaryl/α,β-unsaturated/α-hetero) is 2. The van der Waals surface area contributed by atoms with E-state index in [2.05, 4.69) is 35.7 Å². The van der Waals surface area contributed by atoms with Gasteiger partial charge in [0.05, 0.1) is 28.3 Å². The average Bonchev–Trinajstić information content (AvgIpc) is 4.09. The van der Waals surface area contributed by atoms with Crippen LogP contribution in [0, 0.1) is 44.8 Å². The Labute approximate surface area is 348 Å². The second-order valence-electron chi connectivity index (χ2n) is 21.9.